The van der Waals surface area contributed by atoms with Gasteiger partial charge in [-0.1, -0.05) is 41.9 Å². The second kappa shape index (κ2) is 7.40. The summed E-state index contributed by atoms with van der Waals surface area (Å²) < 4.78 is 0. The van der Waals surface area contributed by atoms with Crippen molar-refractivity contribution in [3.8, 4) is 0 Å². The molecule has 0 saturated heterocycles. The summed E-state index contributed by atoms with van der Waals surface area (Å²) >= 11 is 6.03. The summed E-state index contributed by atoms with van der Waals surface area (Å²) in [5.74, 6) is -1.45. The number of rotatable bonds is 5. The SMILES string of the molecule is NC(=O)C(c1ccnc(Cl)c1)N1c2c(C(=O)O)ccnc2NC1c1ccccc1. The third kappa shape index (κ3) is 3.34. The van der Waals surface area contributed by atoms with Gasteiger partial charge in [-0.15, -0.1) is 0 Å². The summed E-state index contributed by atoms with van der Waals surface area (Å²) in [6.45, 7) is 0. The van der Waals surface area contributed by atoms with Crippen LogP contribution in [0.15, 0.2) is 60.9 Å². The Bertz CT molecular complexity index is 1090. The first-order chi connectivity index (χ1) is 14.0. The molecule has 29 heavy (non-hydrogen) atoms. The summed E-state index contributed by atoms with van der Waals surface area (Å²) in [7, 11) is 0. The molecule has 9 heteroatoms. The smallest absolute Gasteiger partial charge is 0.338 e. The summed E-state index contributed by atoms with van der Waals surface area (Å²) in [6.07, 6.45) is 2.31. The Kier molecular flexibility index (Phi) is 4.77. The average molecular weight is 410 g/mol. The molecular weight excluding hydrogens is 394 g/mol. The van der Waals surface area contributed by atoms with E-state index in [1.54, 1.807) is 11.0 Å². The molecule has 146 valence electrons. The van der Waals surface area contributed by atoms with E-state index < -0.39 is 24.1 Å². The number of nitrogens with one attached hydrogen (secondary N) is 1. The number of anilines is 2. The van der Waals surface area contributed by atoms with Crippen LogP contribution in [0.2, 0.25) is 5.15 Å². The highest BCUT2D eigenvalue weighted by Crippen LogP contribution is 2.47. The number of halogens is 1. The molecule has 0 bridgehead atoms. The molecule has 1 aliphatic rings. The van der Waals surface area contributed by atoms with E-state index in [0.717, 1.165) is 5.56 Å². The lowest BCUT2D eigenvalue weighted by atomic mass is 10.0. The minimum Gasteiger partial charge on any atom is -0.478 e. The molecule has 4 rings (SSSR count). The lowest BCUT2D eigenvalue weighted by molar-refractivity contribution is -0.119. The highest BCUT2D eigenvalue weighted by molar-refractivity contribution is 6.29. The monoisotopic (exact) mass is 409 g/mol. The maximum atomic E-state index is 12.6. The Balaban J connectivity index is 1.95. The van der Waals surface area contributed by atoms with Crippen LogP contribution < -0.4 is 16.0 Å². The number of hydrogen-bond donors (Lipinski definition) is 3. The number of carboxylic acids is 1. The number of pyridine rings is 2. The Hall–Kier alpha value is -3.65. The molecule has 0 aliphatic carbocycles. The van der Waals surface area contributed by atoms with Crippen LogP contribution in [0.1, 0.15) is 33.7 Å². The Morgan fingerprint density at radius 3 is 2.52 bits per heavy atom. The number of primary amides is 1. The first kappa shape index (κ1) is 18.7. The average Bonchev–Trinajstić information content (AvgIpc) is 3.08. The highest BCUT2D eigenvalue weighted by Gasteiger charge is 2.41. The van der Waals surface area contributed by atoms with Crippen molar-refractivity contribution in [3.05, 3.63) is 82.8 Å². The van der Waals surface area contributed by atoms with Gasteiger partial charge < -0.3 is 21.1 Å². The molecule has 2 atom stereocenters. The van der Waals surface area contributed by atoms with E-state index in [-0.39, 0.29) is 16.4 Å². The van der Waals surface area contributed by atoms with Gasteiger partial charge in [-0.3, -0.25) is 4.79 Å². The molecule has 0 radical (unpaired) electrons. The first-order valence-electron chi connectivity index (χ1n) is 8.70. The topological polar surface area (TPSA) is 121 Å². The fraction of sp³-hybridized carbons (Fsp3) is 0.100. The molecule has 4 N–H and O–H groups in total. The summed E-state index contributed by atoms with van der Waals surface area (Å²) in [6, 6.07) is 12.9. The quantitative estimate of drug-likeness (QED) is 0.554. The van der Waals surface area contributed by atoms with Crippen molar-refractivity contribution in [2.24, 2.45) is 5.73 Å². The van der Waals surface area contributed by atoms with E-state index in [2.05, 4.69) is 15.3 Å². The molecular formula is C20H16ClN5O3. The van der Waals surface area contributed by atoms with E-state index in [9.17, 15) is 14.7 Å². The number of aromatic nitrogens is 2. The number of fused-ring (bicyclic) bond motifs is 1. The summed E-state index contributed by atoms with van der Waals surface area (Å²) in [4.78, 5) is 34.3. The van der Waals surface area contributed by atoms with E-state index in [1.807, 2.05) is 30.3 Å². The zero-order chi connectivity index (χ0) is 20.5. The van der Waals surface area contributed by atoms with Gasteiger partial charge in [-0.25, -0.2) is 14.8 Å². The predicted octanol–water partition coefficient (Wildman–Crippen LogP) is 2.99. The second-order valence-corrected chi connectivity index (χ2v) is 6.83. The van der Waals surface area contributed by atoms with Crippen molar-refractivity contribution < 1.29 is 14.7 Å². The molecule has 3 aromatic rings. The van der Waals surface area contributed by atoms with Crippen LogP contribution in [-0.4, -0.2) is 27.0 Å². The molecule has 0 fully saturated rings. The van der Waals surface area contributed by atoms with Crippen LogP contribution in [0.25, 0.3) is 0 Å². The van der Waals surface area contributed by atoms with Gasteiger partial charge in [0.15, 0.2) is 5.82 Å². The minimum atomic E-state index is -1.14. The second-order valence-electron chi connectivity index (χ2n) is 6.44. The van der Waals surface area contributed by atoms with Gasteiger partial charge in [0.25, 0.3) is 0 Å². The Morgan fingerprint density at radius 2 is 1.86 bits per heavy atom. The van der Waals surface area contributed by atoms with Gasteiger partial charge in [0, 0.05) is 12.4 Å². The normalized spacial score (nSPS) is 16.0. The number of aromatic carboxylic acids is 1. The lowest BCUT2D eigenvalue weighted by Gasteiger charge is -2.33. The summed E-state index contributed by atoms with van der Waals surface area (Å²) in [5.41, 5.74) is 7.38. The number of nitrogens with two attached hydrogens (primary N) is 1. The largest absolute Gasteiger partial charge is 0.478 e. The lowest BCUT2D eigenvalue weighted by Crippen LogP contribution is -2.40. The van der Waals surface area contributed by atoms with Crippen molar-refractivity contribution in [1.82, 2.24) is 9.97 Å². The van der Waals surface area contributed by atoms with Crippen molar-refractivity contribution in [2.75, 3.05) is 10.2 Å². The zero-order valence-electron chi connectivity index (χ0n) is 15.0. The molecule has 0 saturated carbocycles. The Labute approximate surface area is 171 Å². The third-order valence-corrected chi connectivity index (χ3v) is 4.90. The molecule has 8 nitrogen and oxygen atoms in total. The third-order valence-electron chi connectivity index (χ3n) is 4.69. The van der Waals surface area contributed by atoms with Crippen molar-refractivity contribution in [3.63, 3.8) is 0 Å². The van der Waals surface area contributed by atoms with E-state index in [1.165, 1.54) is 24.5 Å². The van der Waals surface area contributed by atoms with Crippen LogP contribution in [0, 0.1) is 0 Å². The molecule has 0 spiro atoms. The van der Waals surface area contributed by atoms with Crippen molar-refractivity contribution in [1.29, 1.82) is 0 Å². The number of carboxylic acid groups (broad SMARTS) is 1. The molecule has 1 amide bonds. The molecule has 1 aliphatic heterocycles. The predicted molar refractivity (Wildman–Crippen MR) is 108 cm³/mol. The maximum absolute atomic E-state index is 12.6. The summed E-state index contributed by atoms with van der Waals surface area (Å²) in [5, 5.41) is 13.1. The van der Waals surface area contributed by atoms with Crippen LogP contribution in [-0.2, 0) is 4.79 Å². The number of carbonyl (C=O) groups excluding carboxylic acids is 1. The Morgan fingerprint density at radius 1 is 1.14 bits per heavy atom. The van der Waals surface area contributed by atoms with E-state index in [0.29, 0.717) is 11.4 Å². The van der Waals surface area contributed by atoms with Gasteiger partial charge in [-0.05, 0) is 29.3 Å². The number of amides is 1. The van der Waals surface area contributed by atoms with Gasteiger partial charge in [0.1, 0.15) is 17.4 Å². The maximum Gasteiger partial charge on any atom is 0.338 e. The van der Waals surface area contributed by atoms with Crippen LogP contribution in [0.4, 0.5) is 11.5 Å². The van der Waals surface area contributed by atoms with Gasteiger partial charge in [0.05, 0.1) is 11.3 Å². The minimum absolute atomic E-state index is 0.00679. The van der Waals surface area contributed by atoms with Gasteiger partial charge in [-0.2, -0.15) is 0 Å². The number of benzene rings is 1. The van der Waals surface area contributed by atoms with Crippen molar-refractivity contribution >= 4 is 35.0 Å². The fourth-order valence-electron chi connectivity index (χ4n) is 3.53. The highest BCUT2D eigenvalue weighted by atomic mass is 35.5. The van der Waals surface area contributed by atoms with E-state index in [4.69, 9.17) is 17.3 Å². The molecule has 1 aromatic carbocycles. The molecule has 3 heterocycles. The zero-order valence-corrected chi connectivity index (χ0v) is 15.7. The first-order valence-corrected chi connectivity index (χ1v) is 9.08. The molecule has 2 unspecified atom stereocenters. The molecule has 2 aromatic heterocycles. The van der Waals surface area contributed by atoms with Crippen LogP contribution >= 0.6 is 11.6 Å². The van der Waals surface area contributed by atoms with Gasteiger partial charge in [0.2, 0.25) is 5.91 Å². The van der Waals surface area contributed by atoms with E-state index >= 15 is 0 Å². The van der Waals surface area contributed by atoms with Gasteiger partial charge >= 0.3 is 5.97 Å². The number of nitrogens with zero attached hydrogens (tertiary/aromatic N) is 3. The van der Waals surface area contributed by atoms with Crippen molar-refractivity contribution in [2.45, 2.75) is 12.2 Å². The number of hydrogen-bond acceptors (Lipinski definition) is 6. The standard InChI is InChI=1S/C20H16ClN5O3/c21-14-10-12(6-8-23-14)15(17(22)27)26-16-13(20(28)29)7-9-24-18(16)25-19(26)11-4-2-1-3-5-11/h1-10,15,19H,(H2,22,27)(H,24,25)(H,28,29). The number of carbonyl (C=O) groups is 2. The fourth-order valence-corrected chi connectivity index (χ4v) is 3.71. The van der Waals surface area contributed by atoms with Crippen LogP contribution in [0.5, 0.6) is 0 Å². The van der Waals surface area contributed by atoms with Crippen LogP contribution in [0.3, 0.4) is 0 Å².